The predicted octanol–water partition coefficient (Wildman–Crippen LogP) is 5.73. The van der Waals surface area contributed by atoms with Gasteiger partial charge in [0, 0.05) is 75.2 Å². The van der Waals surface area contributed by atoms with Crippen LogP contribution in [0.15, 0.2) is 70.7 Å². The van der Waals surface area contributed by atoms with Gasteiger partial charge < -0.3 is 41.9 Å². The van der Waals surface area contributed by atoms with Crippen molar-refractivity contribution in [3.05, 3.63) is 76.9 Å². The highest BCUT2D eigenvalue weighted by atomic mass is 35.5. The lowest BCUT2D eigenvalue weighted by Gasteiger charge is -2.37. The van der Waals surface area contributed by atoms with Gasteiger partial charge in [0.1, 0.15) is 22.3 Å². The SMILES string of the molecule is CC(C)c1cc(-c2nnc(O)n2-c2ccc(CN3CCN(C(=O)CCC(=O)Nc4cccc(Sc5ncc(N6CCC(C)(N)CC6)nc5N)c4Cl)CC3)cc2)c(O)cc1O. The zero-order valence-corrected chi connectivity index (χ0v) is 35.4. The zero-order valence-electron chi connectivity index (χ0n) is 33.8. The van der Waals surface area contributed by atoms with Crippen LogP contribution in [0.1, 0.15) is 63.5 Å². The number of nitrogens with one attached hydrogen (secondary N) is 1. The van der Waals surface area contributed by atoms with Gasteiger partial charge in [-0.25, -0.2) is 14.5 Å². The van der Waals surface area contributed by atoms with E-state index >= 15 is 0 Å². The Labute approximate surface area is 357 Å². The quantitative estimate of drug-likeness (QED) is 0.0882. The first-order chi connectivity index (χ1) is 28.7. The number of nitrogen functional groups attached to an aromatic ring is 1. The molecule has 2 aliphatic rings. The summed E-state index contributed by atoms with van der Waals surface area (Å²) in [5.41, 5.74) is 15.4. The van der Waals surface area contributed by atoms with Gasteiger partial charge in [0.15, 0.2) is 11.6 Å². The molecule has 0 radical (unpaired) electrons. The molecular weight excluding hydrogens is 806 g/mol. The molecule has 2 amide bonds. The first-order valence-electron chi connectivity index (χ1n) is 19.9. The van der Waals surface area contributed by atoms with Gasteiger partial charge >= 0.3 is 6.01 Å². The Hall–Kier alpha value is -5.62. The van der Waals surface area contributed by atoms with E-state index in [0.717, 1.165) is 31.5 Å². The molecule has 3 aromatic carbocycles. The number of phenols is 2. The number of amides is 2. The maximum Gasteiger partial charge on any atom is 0.319 e. The molecule has 316 valence electrons. The lowest BCUT2D eigenvalue weighted by atomic mass is 9.91. The standard InChI is InChI=1S/C42H50ClN11O5S/c1-25(2)28-21-29(32(56)22-31(28)55)39-49-50-41(59)54(39)27-9-7-26(8-10-27)24-51-17-19-53(20-18-51)36(58)12-11-35(57)47-30-5-4-6-33(37(30)43)60-40-38(44)48-34(23-46-40)52-15-13-42(3,45)14-16-52/h4-10,21-23,25,55-56H,11-20,24,45H2,1-3H3,(H2,44,48)(H,47,57)(H,50,59). The van der Waals surface area contributed by atoms with Gasteiger partial charge in [0.25, 0.3) is 0 Å². The zero-order chi connectivity index (χ0) is 42.7. The fourth-order valence-electron chi connectivity index (χ4n) is 7.33. The summed E-state index contributed by atoms with van der Waals surface area (Å²) in [6, 6.07) is 15.5. The third-order valence-corrected chi connectivity index (χ3v) is 12.6. The predicted molar refractivity (Wildman–Crippen MR) is 232 cm³/mol. The Bertz CT molecular complexity index is 2360. The fourth-order valence-corrected chi connectivity index (χ4v) is 8.43. The molecular formula is C42H50ClN11O5S. The van der Waals surface area contributed by atoms with E-state index in [2.05, 4.69) is 42.2 Å². The van der Waals surface area contributed by atoms with Crippen LogP contribution in [0, 0.1) is 0 Å². The Morgan fingerprint density at radius 1 is 0.950 bits per heavy atom. The van der Waals surface area contributed by atoms with E-state index in [1.54, 1.807) is 29.3 Å². The lowest BCUT2D eigenvalue weighted by molar-refractivity contribution is -0.134. The molecule has 4 heterocycles. The molecule has 0 spiro atoms. The third-order valence-electron chi connectivity index (χ3n) is 11.0. The number of piperidine rings is 1. The molecule has 2 fully saturated rings. The number of carbonyl (C=O) groups excluding carboxylic acids is 2. The molecule has 0 aliphatic carbocycles. The Balaban J connectivity index is 0.877. The second-order valence-electron chi connectivity index (χ2n) is 15.9. The normalized spacial score (nSPS) is 15.7. The molecule has 60 heavy (non-hydrogen) atoms. The summed E-state index contributed by atoms with van der Waals surface area (Å²) in [6.07, 6.45) is 3.48. The molecule has 0 bridgehead atoms. The highest BCUT2D eigenvalue weighted by Crippen LogP contribution is 2.40. The Kier molecular flexibility index (Phi) is 12.7. The van der Waals surface area contributed by atoms with E-state index in [0.29, 0.717) is 76.0 Å². The number of carbonyl (C=O) groups is 2. The van der Waals surface area contributed by atoms with Crippen LogP contribution in [0.2, 0.25) is 5.02 Å². The molecule has 0 unspecified atom stereocenters. The number of rotatable bonds is 12. The number of aromatic hydroxyl groups is 3. The van der Waals surface area contributed by atoms with Crippen molar-refractivity contribution < 1.29 is 24.9 Å². The number of phenolic OH excluding ortho intramolecular Hbond substituents is 2. The van der Waals surface area contributed by atoms with Crippen LogP contribution >= 0.6 is 23.4 Å². The van der Waals surface area contributed by atoms with E-state index in [-0.39, 0.29) is 65.3 Å². The highest BCUT2D eigenvalue weighted by Gasteiger charge is 2.28. The summed E-state index contributed by atoms with van der Waals surface area (Å²) >= 11 is 7.99. The number of anilines is 3. The van der Waals surface area contributed by atoms with Gasteiger partial charge in [-0.15, -0.1) is 5.10 Å². The molecule has 18 heteroatoms. The lowest BCUT2D eigenvalue weighted by Crippen LogP contribution is -2.48. The van der Waals surface area contributed by atoms with Gasteiger partial charge in [0.05, 0.1) is 28.2 Å². The van der Waals surface area contributed by atoms with Crippen LogP contribution < -0.4 is 21.7 Å². The summed E-state index contributed by atoms with van der Waals surface area (Å²) < 4.78 is 1.44. The van der Waals surface area contributed by atoms with E-state index in [9.17, 15) is 24.9 Å². The first-order valence-corrected chi connectivity index (χ1v) is 21.1. The van der Waals surface area contributed by atoms with E-state index < -0.39 is 0 Å². The number of aromatic nitrogens is 5. The van der Waals surface area contributed by atoms with E-state index in [4.69, 9.17) is 23.1 Å². The molecule has 0 saturated carbocycles. The minimum atomic E-state index is -0.338. The molecule has 8 N–H and O–H groups in total. The second-order valence-corrected chi connectivity index (χ2v) is 17.3. The average molecular weight is 856 g/mol. The van der Waals surface area contributed by atoms with Crippen molar-refractivity contribution in [2.45, 2.75) is 74.4 Å². The highest BCUT2D eigenvalue weighted by molar-refractivity contribution is 7.99. The van der Waals surface area contributed by atoms with Gasteiger partial charge in [-0.1, -0.05) is 60.5 Å². The van der Waals surface area contributed by atoms with Crippen molar-refractivity contribution in [1.82, 2.24) is 34.5 Å². The van der Waals surface area contributed by atoms with Crippen molar-refractivity contribution in [2.75, 3.05) is 55.2 Å². The average Bonchev–Trinajstić information content (AvgIpc) is 3.60. The largest absolute Gasteiger partial charge is 0.508 e. The summed E-state index contributed by atoms with van der Waals surface area (Å²) in [5.74, 6) is 0.606. The molecule has 7 rings (SSSR count). The number of halogens is 1. The molecule has 2 aliphatic heterocycles. The molecule has 2 saturated heterocycles. The maximum absolute atomic E-state index is 13.1. The van der Waals surface area contributed by atoms with Crippen molar-refractivity contribution >= 4 is 52.5 Å². The third kappa shape index (κ3) is 9.70. The Morgan fingerprint density at radius 3 is 2.35 bits per heavy atom. The minimum Gasteiger partial charge on any atom is -0.508 e. The maximum atomic E-state index is 13.1. The monoisotopic (exact) mass is 855 g/mol. The Morgan fingerprint density at radius 2 is 1.67 bits per heavy atom. The van der Waals surface area contributed by atoms with Crippen molar-refractivity contribution in [3.63, 3.8) is 0 Å². The number of hydrogen-bond acceptors (Lipinski definition) is 14. The van der Waals surface area contributed by atoms with Crippen LogP contribution in [-0.2, 0) is 16.1 Å². The number of piperazine rings is 1. The van der Waals surface area contributed by atoms with Crippen molar-refractivity contribution in [1.29, 1.82) is 0 Å². The first kappa shape index (κ1) is 42.5. The fraction of sp³-hybridized carbons (Fsp3) is 0.381. The smallest absolute Gasteiger partial charge is 0.319 e. The number of hydrogen-bond donors (Lipinski definition) is 6. The van der Waals surface area contributed by atoms with Crippen LogP contribution in [0.3, 0.4) is 0 Å². The topological polar surface area (TPSA) is 225 Å². The summed E-state index contributed by atoms with van der Waals surface area (Å²) in [5, 5.41) is 43.2. The van der Waals surface area contributed by atoms with Crippen LogP contribution in [0.4, 0.5) is 17.3 Å². The van der Waals surface area contributed by atoms with Gasteiger partial charge in [0.2, 0.25) is 11.8 Å². The second kappa shape index (κ2) is 17.9. The molecule has 5 aromatic rings. The van der Waals surface area contributed by atoms with Crippen molar-refractivity contribution in [2.24, 2.45) is 5.73 Å². The minimum absolute atomic E-state index is 0.00768. The molecule has 16 nitrogen and oxygen atoms in total. The molecule has 2 aromatic heterocycles. The van der Waals surface area contributed by atoms with E-state index in [1.165, 1.54) is 22.4 Å². The molecule has 0 atom stereocenters. The van der Waals surface area contributed by atoms with Crippen LogP contribution in [-0.4, -0.2) is 106 Å². The number of benzene rings is 3. The van der Waals surface area contributed by atoms with Gasteiger partial charge in [-0.2, -0.15) is 0 Å². The number of nitrogens with zero attached hydrogens (tertiary/aromatic N) is 8. The van der Waals surface area contributed by atoms with Crippen molar-refractivity contribution in [3.8, 4) is 34.6 Å². The van der Waals surface area contributed by atoms with Crippen LogP contribution in [0.25, 0.3) is 17.1 Å². The summed E-state index contributed by atoms with van der Waals surface area (Å²) in [6.45, 7) is 10.5. The van der Waals surface area contributed by atoms with Gasteiger partial charge in [-0.3, -0.25) is 14.5 Å². The van der Waals surface area contributed by atoms with Gasteiger partial charge in [-0.05, 0) is 67.1 Å². The number of nitrogens with two attached hydrogens (primary N) is 2. The van der Waals surface area contributed by atoms with E-state index in [1.807, 2.05) is 44.2 Å². The summed E-state index contributed by atoms with van der Waals surface area (Å²) in [7, 11) is 0. The summed E-state index contributed by atoms with van der Waals surface area (Å²) in [4.78, 5) is 42.1. The van der Waals surface area contributed by atoms with Crippen LogP contribution in [0.5, 0.6) is 17.5 Å².